The Kier molecular flexibility index (Phi) is 5.00. The molecule has 0 amide bonds. The zero-order chi connectivity index (χ0) is 10.4. The van der Waals surface area contributed by atoms with Crippen molar-refractivity contribution in [1.29, 1.82) is 0 Å². The van der Waals surface area contributed by atoms with Gasteiger partial charge in [-0.2, -0.15) is 0 Å². The normalized spacial score (nSPS) is 9.36. The fraction of sp³-hybridized carbons (Fsp3) is 0.273. The zero-order valence-corrected chi connectivity index (χ0v) is 9.83. The maximum absolute atomic E-state index is 13.2. The Morgan fingerprint density at radius 3 is 2.79 bits per heavy atom. The molecule has 74 valence electrons. The molecule has 1 aromatic carbocycles. The molecule has 0 saturated heterocycles. The molecule has 0 aliphatic carbocycles. The molecule has 1 rings (SSSR count). The van der Waals surface area contributed by atoms with Gasteiger partial charge in [0.1, 0.15) is 5.82 Å². The second-order valence-corrected chi connectivity index (χ2v) is 3.74. The Bertz CT molecular complexity index is 365. The number of hydrogen-bond acceptors (Lipinski definition) is 0. The van der Waals surface area contributed by atoms with Gasteiger partial charge in [0.25, 0.3) is 0 Å². The third kappa shape index (κ3) is 3.32. The zero-order valence-electron chi connectivity index (χ0n) is 7.49. The molecule has 1 aromatic rings. The number of halogens is 3. The maximum atomic E-state index is 13.2. The van der Waals surface area contributed by atoms with Crippen LogP contribution in [0.1, 0.15) is 17.5 Å². The van der Waals surface area contributed by atoms with Gasteiger partial charge in [-0.25, -0.2) is 4.39 Å². The number of benzene rings is 1. The number of rotatable bonds is 2. The van der Waals surface area contributed by atoms with Crippen molar-refractivity contribution >= 4 is 27.5 Å². The van der Waals surface area contributed by atoms with Crippen LogP contribution in [0.5, 0.6) is 0 Å². The van der Waals surface area contributed by atoms with E-state index < -0.39 is 0 Å². The largest absolute Gasteiger partial charge is 0.207 e. The Morgan fingerprint density at radius 1 is 1.43 bits per heavy atom. The molecule has 0 fully saturated rings. The second kappa shape index (κ2) is 6.06. The monoisotopic (exact) mass is 274 g/mol. The minimum Gasteiger partial charge on any atom is -0.207 e. The van der Waals surface area contributed by atoms with Crippen LogP contribution in [0.2, 0.25) is 0 Å². The average Bonchev–Trinajstić information content (AvgIpc) is 2.18. The molecule has 0 unspecified atom stereocenters. The summed E-state index contributed by atoms with van der Waals surface area (Å²) in [5, 5.41) is 0.836. The Labute approximate surface area is 96.6 Å². The lowest BCUT2D eigenvalue weighted by molar-refractivity contribution is 0.616. The van der Waals surface area contributed by atoms with Gasteiger partial charge in [0, 0.05) is 22.9 Å². The van der Waals surface area contributed by atoms with Gasteiger partial charge < -0.3 is 0 Å². The standard InChI is InChI=1S/C11H9BrClF/c12-6-2-1-3-9-4-5-10(8-13)11(14)7-9/h4-5,7H,2,6,8H2. The van der Waals surface area contributed by atoms with Crippen LogP contribution in [0, 0.1) is 17.7 Å². The lowest BCUT2D eigenvalue weighted by Crippen LogP contribution is -1.87. The van der Waals surface area contributed by atoms with E-state index in [2.05, 4.69) is 27.8 Å². The van der Waals surface area contributed by atoms with Crippen LogP contribution in [0.15, 0.2) is 18.2 Å². The molecular formula is C11H9BrClF. The molecule has 0 aliphatic rings. The van der Waals surface area contributed by atoms with Crippen molar-refractivity contribution in [2.45, 2.75) is 12.3 Å². The van der Waals surface area contributed by atoms with Crippen LogP contribution in [0.25, 0.3) is 0 Å². The van der Waals surface area contributed by atoms with E-state index in [1.165, 1.54) is 6.07 Å². The first-order valence-corrected chi connectivity index (χ1v) is 5.82. The van der Waals surface area contributed by atoms with Gasteiger partial charge in [-0.3, -0.25) is 0 Å². The first-order valence-electron chi connectivity index (χ1n) is 4.17. The van der Waals surface area contributed by atoms with E-state index >= 15 is 0 Å². The van der Waals surface area contributed by atoms with E-state index in [1.54, 1.807) is 12.1 Å². The molecule has 0 N–H and O–H groups in total. The summed E-state index contributed by atoms with van der Waals surface area (Å²) in [4.78, 5) is 0. The van der Waals surface area contributed by atoms with Gasteiger partial charge in [-0.05, 0) is 12.1 Å². The third-order valence-electron chi connectivity index (χ3n) is 1.65. The summed E-state index contributed by atoms with van der Waals surface area (Å²) in [6.45, 7) is 0. The van der Waals surface area contributed by atoms with Crippen LogP contribution in [0.3, 0.4) is 0 Å². The predicted octanol–water partition coefficient (Wildman–Crippen LogP) is 3.70. The summed E-state index contributed by atoms with van der Waals surface area (Å²) >= 11 is 8.80. The Hall–Kier alpha value is -0.520. The van der Waals surface area contributed by atoms with Crippen molar-refractivity contribution in [2.75, 3.05) is 5.33 Å². The van der Waals surface area contributed by atoms with E-state index in [1.807, 2.05) is 0 Å². The molecule has 0 nitrogen and oxygen atoms in total. The van der Waals surface area contributed by atoms with E-state index in [-0.39, 0.29) is 11.7 Å². The van der Waals surface area contributed by atoms with Gasteiger partial charge in [-0.15, -0.1) is 11.6 Å². The number of hydrogen-bond donors (Lipinski definition) is 0. The van der Waals surface area contributed by atoms with Crippen LogP contribution in [-0.4, -0.2) is 5.33 Å². The van der Waals surface area contributed by atoms with Gasteiger partial charge in [0.15, 0.2) is 0 Å². The first-order chi connectivity index (χ1) is 6.77. The molecule has 0 bridgehead atoms. The minimum absolute atomic E-state index is 0.195. The highest BCUT2D eigenvalue weighted by Gasteiger charge is 2.00. The highest BCUT2D eigenvalue weighted by Crippen LogP contribution is 2.11. The first kappa shape index (κ1) is 11.6. The van der Waals surface area contributed by atoms with Crippen molar-refractivity contribution in [3.05, 3.63) is 35.1 Å². The Balaban J connectivity index is 2.82. The topological polar surface area (TPSA) is 0 Å². The average molecular weight is 276 g/mol. The molecule has 0 heterocycles. The minimum atomic E-state index is -0.286. The highest BCUT2D eigenvalue weighted by atomic mass is 79.9. The van der Waals surface area contributed by atoms with Gasteiger partial charge >= 0.3 is 0 Å². The van der Waals surface area contributed by atoms with Gasteiger partial charge in [-0.1, -0.05) is 33.8 Å². The molecule has 0 aliphatic heterocycles. The van der Waals surface area contributed by atoms with Crippen molar-refractivity contribution in [3.8, 4) is 11.8 Å². The summed E-state index contributed by atoms with van der Waals surface area (Å²) in [6, 6.07) is 4.86. The van der Waals surface area contributed by atoms with Crippen LogP contribution in [-0.2, 0) is 5.88 Å². The third-order valence-corrected chi connectivity index (χ3v) is 2.33. The van der Waals surface area contributed by atoms with Crippen LogP contribution >= 0.6 is 27.5 Å². The highest BCUT2D eigenvalue weighted by molar-refractivity contribution is 9.09. The van der Waals surface area contributed by atoms with Crippen molar-refractivity contribution < 1.29 is 4.39 Å². The number of alkyl halides is 2. The molecule has 0 saturated carbocycles. The maximum Gasteiger partial charge on any atom is 0.128 e. The van der Waals surface area contributed by atoms with Crippen molar-refractivity contribution in [3.63, 3.8) is 0 Å². The van der Waals surface area contributed by atoms with E-state index in [4.69, 9.17) is 11.6 Å². The quantitative estimate of drug-likeness (QED) is 0.570. The van der Waals surface area contributed by atoms with Crippen molar-refractivity contribution in [2.24, 2.45) is 0 Å². The Morgan fingerprint density at radius 2 is 2.21 bits per heavy atom. The van der Waals surface area contributed by atoms with Crippen molar-refractivity contribution in [1.82, 2.24) is 0 Å². The van der Waals surface area contributed by atoms with Gasteiger partial charge in [0.05, 0.1) is 5.88 Å². The van der Waals surface area contributed by atoms with E-state index in [0.717, 1.165) is 11.8 Å². The summed E-state index contributed by atoms with van der Waals surface area (Å²) in [5.41, 5.74) is 1.20. The molecular weight excluding hydrogens is 266 g/mol. The second-order valence-electron chi connectivity index (χ2n) is 2.68. The molecule has 0 aromatic heterocycles. The predicted molar refractivity (Wildman–Crippen MR) is 61.2 cm³/mol. The fourth-order valence-corrected chi connectivity index (χ4v) is 1.36. The lowest BCUT2D eigenvalue weighted by Gasteiger charge is -1.97. The molecule has 14 heavy (non-hydrogen) atoms. The summed E-state index contributed by atoms with van der Waals surface area (Å²) < 4.78 is 13.2. The van der Waals surface area contributed by atoms with Crippen LogP contribution in [0.4, 0.5) is 4.39 Å². The summed E-state index contributed by atoms with van der Waals surface area (Å²) in [7, 11) is 0. The smallest absolute Gasteiger partial charge is 0.128 e. The fourth-order valence-electron chi connectivity index (χ4n) is 0.945. The summed E-state index contributed by atoms with van der Waals surface area (Å²) in [6.07, 6.45) is 0.763. The van der Waals surface area contributed by atoms with Gasteiger partial charge in [0.2, 0.25) is 0 Å². The van der Waals surface area contributed by atoms with Crippen LogP contribution < -0.4 is 0 Å². The molecule has 0 atom stereocenters. The molecule has 0 radical (unpaired) electrons. The summed E-state index contributed by atoms with van der Waals surface area (Å²) in [5.74, 6) is 5.70. The molecule has 3 heteroatoms. The SMILES string of the molecule is Fc1cc(C#CCCBr)ccc1CCl. The lowest BCUT2D eigenvalue weighted by atomic mass is 10.1. The van der Waals surface area contributed by atoms with E-state index in [0.29, 0.717) is 11.1 Å². The molecule has 0 spiro atoms. The van der Waals surface area contributed by atoms with E-state index in [9.17, 15) is 4.39 Å².